The Morgan fingerprint density at radius 3 is 2.18 bits per heavy atom. The molecule has 118 valence electrons. The molecule has 0 saturated heterocycles. The van der Waals surface area contributed by atoms with E-state index in [9.17, 15) is 30.7 Å². The van der Waals surface area contributed by atoms with E-state index < -0.39 is 35.5 Å². The molecule has 0 radical (unpaired) electrons. The number of benzene rings is 1. The Bertz CT molecular complexity index is 679. The van der Waals surface area contributed by atoms with Crippen LogP contribution in [0.25, 0.3) is 11.3 Å². The maximum Gasteiger partial charge on any atom is 0.573 e. The van der Waals surface area contributed by atoms with E-state index in [-0.39, 0.29) is 5.56 Å². The van der Waals surface area contributed by atoms with Crippen LogP contribution in [0, 0.1) is 5.82 Å². The van der Waals surface area contributed by atoms with Crippen LogP contribution in [0.15, 0.2) is 36.4 Å². The second-order valence-electron chi connectivity index (χ2n) is 4.10. The van der Waals surface area contributed by atoms with E-state index in [2.05, 4.69) is 9.72 Å². The predicted molar refractivity (Wildman–Crippen MR) is 61.3 cm³/mol. The highest BCUT2D eigenvalue weighted by molar-refractivity contribution is 5.62. The third kappa shape index (κ3) is 3.86. The lowest BCUT2D eigenvalue weighted by Crippen LogP contribution is -2.17. The molecule has 2 nitrogen and oxygen atoms in total. The van der Waals surface area contributed by atoms with Gasteiger partial charge in [0.2, 0.25) is 0 Å². The molecule has 0 saturated carbocycles. The van der Waals surface area contributed by atoms with Crippen LogP contribution in [0.4, 0.5) is 30.7 Å². The van der Waals surface area contributed by atoms with Gasteiger partial charge >= 0.3 is 12.5 Å². The van der Waals surface area contributed by atoms with E-state index in [1.165, 1.54) is 0 Å². The highest BCUT2D eigenvalue weighted by Crippen LogP contribution is 2.32. The van der Waals surface area contributed by atoms with Gasteiger partial charge in [-0.15, -0.1) is 13.2 Å². The van der Waals surface area contributed by atoms with Crippen LogP contribution >= 0.6 is 0 Å². The quantitative estimate of drug-likeness (QED) is 0.740. The molecule has 0 atom stereocenters. The number of alkyl halides is 6. The second kappa shape index (κ2) is 5.47. The summed E-state index contributed by atoms with van der Waals surface area (Å²) in [4.78, 5) is 3.11. The number of ether oxygens (including phenoxy) is 1. The lowest BCUT2D eigenvalue weighted by molar-refractivity contribution is -0.274. The van der Waals surface area contributed by atoms with Crippen LogP contribution in [-0.2, 0) is 6.18 Å². The molecular formula is C13H6F7NO. The summed E-state index contributed by atoms with van der Waals surface area (Å²) < 4.78 is 91.3. The number of halogens is 7. The molecule has 0 unspecified atom stereocenters. The number of aromatic nitrogens is 1. The van der Waals surface area contributed by atoms with Gasteiger partial charge < -0.3 is 4.74 Å². The SMILES string of the molecule is Fc1ccc(C(F)(F)F)nc1-c1cccc(OC(F)(F)F)c1. The van der Waals surface area contributed by atoms with Gasteiger partial charge in [-0.05, 0) is 24.3 Å². The van der Waals surface area contributed by atoms with Crippen molar-refractivity contribution < 1.29 is 35.5 Å². The normalized spacial score (nSPS) is 12.3. The van der Waals surface area contributed by atoms with E-state index in [0.717, 1.165) is 24.3 Å². The van der Waals surface area contributed by atoms with Gasteiger partial charge in [0.05, 0.1) is 0 Å². The molecule has 0 spiro atoms. The van der Waals surface area contributed by atoms with Crippen LogP contribution in [0.3, 0.4) is 0 Å². The van der Waals surface area contributed by atoms with Crippen molar-refractivity contribution in [1.29, 1.82) is 0 Å². The molecule has 9 heteroatoms. The fraction of sp³-hybridized carbons (Fsp3) is 0.154. The minimum absolute atomic E-state index is 0.273. The topological polar surface area (TPSA) is 22.1 Å². The number of pyridine rings is 1. The van der Waals surface area contributed by atoms with E-state index >= 15 is 0 Å². The zero-order chi connectivity index (χ0) is 16.5. The molecule has 0 aliphatic carbocycles. The Hall–Kier alpha value is -2.32. The van der Waals surface area contributed by atoms with E-state index in [1.807, 2.05) is 0 Å². The fourth-order valence-electron chi connectivity index (χ4n) is 1.64. The molecule has 0 amide bonds. The summed E-state index contributed by atoms with van der Waals surface area (Å²) in [5.74, 6) is -1.79. The number of hydrogen-bond donors (Lipinski definition) is 0. The summed E-state index contributed by atoms with van der Waals surface area (Å²) in [5.41, 5.74) is -2.35. The molecule has 22 heavy (non-hydrogen) atoms. The summed E-state index contributed by atoms with van der Waals surface area (Å²) in [6.45, 7) is 0. The van der Waals surface area contributed by atoms with Gasteiger partial charge in [0.15, 0.2) is 0 Å². The third-order valence-corrected chi connectivity index (χ3v) is 2.48. The predicted octanol–water partition coefficient (Wildman–Crippen LogP) is 4.81. The highest BCUT2D eigenvalue weighted by atomic mass is 19.4. The maximum absolute atomic E-state index is 13.6. The van der Waals surface area contributed by atoms with Crippen LogP contribution in [-0.4, -0.2) is 11.3 Å². The van der Waals surface area contributed by atoms with Crippen molar-refractivity contribution in [3.63, 3.8) is 0 Å². The molecule has 2 rings (SSSR count). The van der Waals surface area contributed by atoms with Gasteiger partial charge in [0.1, 0.15) is 23.0 Å². The first-order chi connectivity index (χ1) is 10.1. The van der Waals surface area contributed by atoms with Crippen LogP contribution in [0.5, 0.6) is 5.75 Å². The average Bonchev–Trinajstić information content (AvgIpc) is 2.36. The van der Waals surface area contributed by atoms with Gasteiger partial charge in [-0.25, -0.2) is 9.37 Å². The van der Waals surface area contributed by atoms with Gasteiger partial charge in [-0.2, -0.15) is 13.2 Å². The molecular weight excluding hydrogens is 319 g/mol. The van der Waals surface area contributed by atoms with Gasteiger partial charge in [0, 0.05) is 5.56 Å². The Morgan fingerprint density at radius 2 is 1.59 bits per heavy atom. The van der Waals surface area contributed by atoms with Crippen molar-refractivity contribution in [3.8, 4) is 17.0 Å². The van der Waals surface area contributed by atoms with Crippen LogP contribution < -0.4 is 4.74 Å². The van der Waals surface area contributed by atoms with Crippen molar-refractivity contribution in [2.45, 2.75) is 12.5 Å². The lowest BCUT2D eigenvalue weighted by atomic mass is 10.1. The molecule has 1 aromatic heterocycles. The second-order valence-corrected chi connectivity index (χ2v) is 4.10. The Kier molecular flexibility index (Phi) is 3.99. The summed E-state index contributed by atoms with van der Waals surface area (Å²) >= 11 is 0. The van der Waals surface area contributed by atoms with Gasteiger partial charge in [-0.1, -0.05) is 12.1 Å². The highest BCUT2D eigenvalue weighted by Gasteiger charge is 2.34. The molecule has 1 aromatic carbocycles. The standard InChI is InChI=1S/C13H6F7NO/c14-9-4-5-10(12(15,16)17)21-11(9)7-2-1-3-8(6-7)22-13(18,19)20/h1-6H. The van der Waals surface area contributed by atoms with Crippen molar-refractivity contribution in [2.24, 2.45) is 0 Å². The Balaban J connectivity index is 2.46. The molecule has 0 aliphatic rings. The Labute approximate surface area is 119 Å². The first-order valence-corrected chi connectivity index (χ1v) is 5.66. The molecule has 0 aliphatic heterocycles. The summed E-state index contributed by atoms with van der Waals surface area (Å²) in [6, 6.07) is 4.87. The number of hydrogen-bond acceptors (Lipinski definition) is 2. The van der Waals surface area contributed by atoms with Crippen molar-refractivity contribution in [3.05, 3.63) is 47.9 Å². The molecule has 0 N–H and O–H groups in total. The summed E-state index contributed by atoms with van der Waals surface area (Å²) in [6.07, 6.45) is -9.78. The molecule has 0 bridgehead atoms. The first kappa shape index (κ1) is 16.1. The van der Waals surface area contributed by atoms with Gasteiger partial charge in [0.25, 0.3) is 0 Å². The smallest absolute Gasteiger partial charge is 0.406 e. The molecule has 1 heterocycles. The number of rotatable bonds is 2. The maximum atomic E-state index is 13.6. The Morgan fingerprint density at radius 1 is 0.909 bits per heavy atom. The fourth-order valence-corrected chi connectivity index (χ4v) is 1.64. The van der Waals surface area contributed by atoms with E-state index in [1.54, 1.807) is 0 Å². The molecule has 2 aromatic rings. The van der Waals surface area contributed by atoms with Crippen LogP contribution in [0.1, 0.15) is 5.69 Å². The first-order valence-electron chi connectivity index (χ1n) is 5.66. The van der Waals surface area contributed by atoms with Crippen molar-refractivity contribution >= 4 is 0 Å². The zero-order valence-electron chi connectivity index (χ0n) is 10.5. The van der Waals surface area contributed by atoms with Crippen LogP contribution in [0.2, 0.25) is 0 Å². The summed E-state index contributed by atoms with van der Waals surface area (Å²) in [7, 11) is 0. The third-order valence-electron chi connectivity index (χ3n) is 2.48. The van der Waals surface area contributed by atoms with Gasteiger partial charge in [-0.3, -0.25) is 0 Å². The zero-order valence-corrected chi connectivity index (χ0v) is 10.5. The lowest BCUT2D eigenvalue weighted by Gasteiger charge is -2.11. The minimum atomic E-state index is -4.97. The van der Waals surface area contributed by atoms with E-state index in [4.69, 9.17) is 0 Å². The van der Waals surface area contributed by atoms with Crippen molar-refractivity contribution in [1.82, 2.24) is 4.98 Å². The monoisotopic (exact) mass is 325 g/mol. The average molecular weight is 325 g/mol. The molecule has 0 fully saturated rings. The largest absolute Gasteiger partial charge is 0.573 e. The van der Waals surface area contributed by atoms with E-state index in [0.29, 0.717) is 12.1 Å². The van der Waals surface area contributed by atoms with Crippen molar-refractivity contribution in [2.75, 3.05) is 0 Å². The number of nitrogens with zero attached hydrogens (tertiary/aromatic N) is 1. The summed E-state index contributed by atoms with van der Waals surface area (Å²) in [5, 5.41) is 0. The minimum Gasteiger partial charge on any atom is -0.406 e.